The summed E-state index contributed by atoms with van der Waals surface area (Å²) in [6, 6.07) is 7.58. The molecule has 0 aliphatic carbocycles. The van der Waals surface area contributed by atoms with Crippen molar-refractivity contribution in [2.24, 2.45) is 0 Å². The van der Waals surface area contributed by atoms with Gasteiger partial charge in [0.05, 0.1) is 21.6 Å². The molecule has 0 radical (unpaired) electrons. The molecule has 25 heavy (non-hydrogen) atoms. The molecule has 0 saturated carbocycles. The molecule has 4 nitrogen and oxygen atoms in total. The minimum Gasteiger partial charge on any atom is -0.287 e. The maximum atomic E-state index is 12.9. The van der Waals surface area contributed by atoms with Crippen LogP contribution in [0, 0.1) is 0 Å². The van der Waals surface area contributed by atoms with E-state index in [0.29, 0.717) is 17.8 Å². The molecule has 0 saturated heterocycles. The number of benzene rings is 1. The highest BCUT2D eigenvalue weighted by Crippen LogP contribution is 2.25. The van der Waals surface area contributed by atoms with Gasteiger partial charge in [0.1, 0.15) is 0 Å². The summed E-state index contributed by atoms with van der Waals surface area (Å²) in [5.41, 5.74) is 1.88. The van der Waals surface area contributed by atoms with E-state index in [-0.39, 0.29) is 5.56 Å². The highest BCUT2D eigenvalue weighted by atomic mass is 32.2. The smallest absolute Gasteiger partial charge is 0.262 e. The number of para-hydroxylation sites is 1. The standard InChI is InChI=1S/C19H23N3OS2/c1-4-5-10-22-18(23)15-8-6-7-9-16(15)21-19(22)25-12-14-11-24-17(20-14)13(2)3/h6-9,11,13H,4-5,10,12H2,1-3H3. The first-order chi connectivity index (χ1) is 12.1. The summed E-state index contributed by atoms with van der Waals surface area (Å²) in [7, 11) is 0. The third-order valence-electron chi connectivity index (χ3n) is 3.97. The summed E-state index contributed by atoms with van der Waals surface area (Å²) < 4.78 is 1.83. The fraction of sp³-hybridized carbons (Fsp3) is 0.421. The van der Waals surface area contributed by atoms with Gasteiger partial charge in [-0.1, -0.05) is 51.1 Å². The molecule has 0 atom stereocenters. The van der Waals surface area contributed by atoms with Crippen molar-refractivity contribution in [1.82, 2.24) is 14.5 Å². The van der Waals surface area contributed by atoms with Crippen LogP contribution in [0.25, 0.3) is 10.9 Å². The van der Waals surface area contributed by atoms with Crippen LogP contribution in [0.15, 0.2) is 39.6 Å². The van der Waals surface area contributed by atoms with Gasteiger partial charge < -0.3 is 0 Å². The average Bonchev–Trinajstić information content (AvgIpc) is 3.09. The van der Waals surface area contributed by atoms with E-state index in [4.69, 9.17) is 4.98 Å². The van der Waals surface area contributed by atoms with Crippen molar-refractivity contribution >= 4 is 34.0 Å². The van der Waals surface area contributed by atoms with E-state index in [1.807, 2.05) is 28.8 Å². The van der Waals surface area contributed by atoms with E-state index in [2.05, 4.69) is 31.1 Å². The quantitative estimate of drug-likeness (QED) is 0.428. The van der Waals surface area contributed by atoms with Crippen molar-refractivity contribution in [2.75, 3.05) is 0 Å². The molecule has 0 aliphatic heterocycles. The largest absolute Gasteiger partial charge is 0.287 e. The summed E-state index contributed by atoms with van der Waals surface area (Å²) in [6.07, 6.45) is 2.02. The Morgan fingerprint density at radius 3 is 2.76 bits per heavy atom. The van der Waals surface area contributed by atoms with Gasteiger partial charge in [0.2, 0.25) is 0 Å². The van der Waals surface area contributed by atoms with Crippen LogP contribution in [0.1, 0.15) is 50.2 Å². The van der Waals surface area contributed by atoms with Gasteiger partial charge >= 0.3 is 0 Å². The number of hydrogen-bond acceptors (Lipinski definition) is 5. The minimum absolute atomic E-state index is 0.0581. The van der Waals surface area contributed by atoms with Gasteiger partial charge in [-0.3, -0.25) is 9.36 Å². The molecule has 0 amide bonds. The fourth-order valence-corrected chi connectivity index (χ4v) is 4.42. The Morgan fingerprint density at radius 2 is 2.04 bits per heavy atom. The van der Waals surface area contributed by atoms with E-state index in [1.54, 1.807) is 23.1 Å². The lowest BCUT2D eigenvalue weighted by Gasteiger charge is -2.12. The van der Waals surface area contributed by atoms with Crippen molar-refractivity contribution in [1.29, 1.82) is 0 Å². The molecular formula is C19H23N3OS2. The van der Waals surface area contributed by atoms with E-state index >= 15 is 0 Å². The van der Waals surface area contributed by atoms with Crippen LogP contribution in [0.2, 0.25) is 0 Å². The lowest BCUT2D eigenvalue weighted by atomic mass is 10.2. The Morgan fingerprint density at radius 1 is 1.24 bits per heavy atom. The Hall–Kier alpha value is -1.66. The molecule has 0 spiro atoms. The van der Waals surface area contributed by atoms with Crippen LogP contribution in [0.3, 0.4) is 0 Å². The molecule has 1 aromatic carbocycles. The molecule has 2 aromatic heterocycles. The lowest BCUT2D eigenvalue weighted by Crippen LogP contribution is -2.23. The molecule has 3 rings (SSSR count). The number of thiazole rings is 1. The van der Waals surface area contributed by atoms with Crippen LogP contribution >= 0.6 is 23.1 Å². The number of hydrogen-bond donors (Lipinski definition) is 0. The van der Waals surface area contributed by atoms with Gasteiger partial charge in [0.15, 0.2) is 5.16 Å². The van der Waals surface area contributed by atoms with Crippen molar-refractivity contribution in [3.05, 3.63) is 50.7 Å². The zero-order valence-corrected chi connectivity index (χ0v) is 16.5. The van der Waals surface area contributed by atoms with Crippen molar-refractivity contribution < 1.29 is 0 Å². The number of unbranched alkanes of at least 4 members (excludes halogenated alkanes) is 1. The number of nitrogens with zero attached hydrogens (tertiary/aromatic N) is 3. The molecule has 132 valence electrons. The zero-order chi connectivity index (χ0) is 17.8. The predicted molar refractivity (Wildman–Crippen MR) is 107 cm³/mol. The summed E-state index contributed by atoms with van der Waals surface area (Å²) >= 11 is 3.30. The molecule has 0 N–H and O–H groups in total. The van der Waals surface area contributed by atoms with E-state index in [1.165, 1.54) is 0 Å². The van der Waals surface area contributed by atoms with Gasteiger partial charge in [-0.15, -0.1) is 11.3 Å². The van der Waals surface area contributed by atoms with E-state index in [9.17, 15) is 4.79 Å². The zero-order valence-electron chi connectivity index (χ0n) is 14.9. The maximum absolute atomic E-state index is 12.9. The Balaban J connectivity index is 1.91. The first-order valence-corrected chi connectivity index (χ1v) is 10.5. The maximum Gasteiger partial charge on any atom is 0.262 e. The van der Waals surface area contributed by atoms with Crippen LogP contribution in [0.5, 0.6) is 0 Å². The van der Waals surface area contributed by atoms with Crippen LogP contribution in [-0.4, -0.2) is 14.5 Å². The van der Waals surface area contributed by atoms with Gasteiger partial charge in [0.25, 0.3) is 5.56 Å². The fourth-order valence-electron chi connectivity index (χ4n) is 2.56. The molecule has 0 aliphatic rings. The third-order valence-corrected chi connectivity index (χ3v) is 6.18. The number of rotatable bonds is 7. The van der Waals surface area contributed by atoms with E-state index in [0.717, 1.165) is 40.0 Å². The number of thioether (sulfide) groups is 1. The van der Waals surface area contributed by atoms with Gasteiger partial charge in [-0.2, -0.15) is 0 Å². The van der Waals surface area contributed by atoms with E-state index < -0.39 is 0 Å². The minimum atomic E-state index is 0.0581. The molecule has 2 heterocycles. The summed E-state index contributed by atoms with van der Waals surface area (Å²) in [4.78, 5) is 22.3. The predicted octanol–water partition coefficient (Wildman–Crippen LogP) is 5.07. The molecule has 0 unspecified atom stereocenters. The highest BCUT2D eigenvalue weighted by Gasteiger charge is 2.13. The summed E-state index contributed by atoms with van der Waals surface area (Å²) in [5, 5.41) is 4.75. The number of aromatic nitrogens is 3. The molecular weight excluding hydrogens is 350 g/mol. The van der Waals surface area contributed by atoms with Crippen LogP contribution in [0.4, 0.5) is 0 Å². The third kappa shape index (κ3) is 4.12. The van der Waals surface area contributed by atoms with Crippen LogP contribution < -0.4 is 5.56 Å². The topological polar surface area (TPSA) is 47.8 Å². The second-order valence-electron chi connectivity index (χ2n) is 6.34. The SMILES string of the molecule is CCCCn1c(SCc2csc(C(C)C)n2)nc2ccccc2c1=O. The first-order valence-electron chi connectivity index (χ1n) is 8.66. The van der Waals surface area contributed by atoms with Crippen LogP contribution in [-0.2, 0) is 12.3 Å². The second kappa shape index (κ2) is 8.15. The highest BCUT2D eigenvalue weighted by molar-refractivity contribution is 7.98. The Labute approximate surface area is 156 Å². The van der Waals surface area contributed by atoms with Crippen molar-refractivity contribution in [2.45, 2.75) is 57.0 Å². The van der Waals surface area contributed by atoms with Crippen molar-refractivity contribution in [3.63, 3.8) is 0 Å². The lowest BCUT2D eigenvalue weighted by molar-refractivity contribution is 0.557. The number of fused-ring (bicyclic) bond motifs is 1. The molecule has 6 heteroatoms. The summed E-state index contributed by atoms with van der Waals surface area (Å²) in [5.74, 6) is 1.19. The molecule has 3 aromatic rings. The molecule has 0 bridgehead atoms. The Bertz CT molecular complexity index is 914. The normalized spacial score (nSPS) is 11.5. The average molecular weight is 374 g/mol. The van der Waals surface area contributed by atoms with Gasteiger partial charge in [0, 0.05) is 23.6 Å². The van der Waals surface area contributed by atoms with Crippen molar-refractivity contribution in [3.8, 4) is 0 Å². The monoisotopic (exact) mass is 373 g/mol. The Kier molecular flexibility index (Phi) is 5.91. The summed E-state index contributed by atoms with van der Waals surface area (Å²) in [6.45, 7) is 7.16. The second-order valence-corrected chi connectivity index (χ2v) is 8.17. The first kappa shape index (κ1) is 18.1. The molecule has 0 fully saturated rings. The van der Waals surface area contributed by atoms with Gasteiger partial charge in [-0.05, 0) is 18.6 Å². The van der Waals surface area contributed by atoms with Gasteiger partial charge in [-0.25, -0.2) is 9.97 Å².